The molecule has 0 atom stereocenters. The van der Waals surface area contributed by atoms with Crippen molar-refractivity contribution in [3.63, 3.8) is 0 Å². The Kier molecular flexibility index (Phi) is 3.75. The Hall–Kier alpha value is -1.61. The lowest BCUT2D eigenvalue weighted by Crippen LogP contribution is -2.39. The molecular weight excluding hydrogens is 272 g/mol. The Balaban J connectivity index is 1.44. The molecule has 3 nitrogen and oxygen atoms in total. The summed E-state index contributed by atoms with van der Waals surface area (Å²) >= 11 is 0. The molecule has 1 aliphatic heterocycles. The molecule has 2 heterocycles. The number of aryl methyl sites for hydroxylation is 1. The highest BCUT2D eigenvalue weighted by molar-refractivity contribution is 5.87. The number of benzene rings is 1. The van der Waals surface area contributed by atoms with Gasteiger partial charge in [0.1, 0.15) is 11.9 Å². The Labute approximate surface area is 132 Å². The number of nitrogens with zero attached hydrogens (tertiary/aromatic N) is 2. The number of rotatable bonds is 4. The molecule has 4 rings (SSSR count). The highest BCUT2D eigenvalue weighted by Crippen LogP contribution is 2.32. The molecule has 1 aromatic carbocycles. The first-order chi connectivity index (χ1) is 10.8. The average molecular weight is 296 g/mol. The molecule has 1 saturated heterocycles. The number of pyridine rings is 1. The molecule has 1 saturated carbocycles. The first-order valence-corrected chi connectivity index (χ1v) is 8.53. The fraction of sp³-hybridized carbons (Fsp3) is 0.526. The van der Waals surface area contributed by atoms with Crippen molar-refractivity contribution < 1.29 is 4.74 Å². The zero-order chi connectivity index (χ0) is 14.9. The van der Waals surface area contributed by atoms with Crippen LogP contribution in [0.2, 0.25) is 0 Å². The highest BCUT2D eigenvalue weighted by Gasteiger charge is 2.27. The van der Waals surface area contributed by atoms with Gasteiger partial charge in [-0.2, -0.15) is 0 Å². The fourth-order valence-corrected chi connectivity index (χ4v) is 3.46. The quantitative estimate of drug-likeness (QED) is 0.858. The van der Waals surface area contributed by atoms with Crippen molar-refractivity contribution >= 4 is 10.9 Å². The van der Waals surface area contributed by atoms with Gasteiger partial charge in [0.05, 0.1) is 5.52 Å². The smallest absolute Gasteiger partial charge is 0.130 e. The van der Waals surface area contributed by atoms with Crippen LogP contribution in [0.25, 0.3) is 10.9 Å². The molecule has 3 heteroatoms. The maximum atomic E-state index is 6.33. The van der Waals surface area contributed by atoms with Crippen molar-refractivity contribution in [2.75, 3.05) is 19.6 Å². The Bertz CT molecular complexity index is 658. The monoisotopic (exact) mass is 296 g/mol. The van der Waals surface area contributed by atoms with Gasteiger partial charge in [0.25, 0.3) is 0 Å². The topological polar surface area (TPSA) is 25.4 Å². The lowest BCUT2D eigenvalue weighted by atomic mass is 10.1. The van der Waals surface area contributed by atoms with Gasteiger partial charge in [-0.25, -0.2) is 0 Å². The molecule has 2 aliphatic rings. The Morgan fingerprint density at radius 1 is 1.14 bits per heavy atom. The molecule has 1 aromatic heterocycles. The molecule has 0 amide bonds. The number of aromatic nitrogens is 1. The van der Waals surface area contributed by atoms with Gasteiger partial charge in [0, 0.05) is 31.2 Å². The van der Waals surface area contributed by atoms with Crippen LogP contribution in [-0.2, 0) is 0 Å². The summed E-state index contributed by atoms with van der Waals surface area (Å²) in [5, 5.41) is 1.14. The largest absolute Gasteiger partial charge is 0.490 e. The van der Waals surface area contributed by atoms with Gasteiger partial charge in [0.15, 0.2) is 0 Å². The van der Waals surface area contributed by atoms with Crippen molar-refractivity contribution in [2.24, 2.45) is 5.92 Å². The van der Waals surface area contributed by atoms with Crippen LogP contribution in [0.4, 0.5) is 0 Å². The van der Waals surface area contributed by atoms with Crippen LogP contribution in [0.3, 0.4) is 0 Å². The minimum atomic E-state index is 0.349. The first-order valence-electron chi connectivity index (χ1n) is 8.53. The third-order valence-electron chi connectivity index (χ3n) is 4.97. The van der Waals surface area contributed by atoms with Gasteiger partial charge in [-0.15, -0.1) is 0 Å². The van der Waals surface area contributed by atoms with Crippen LogP contribution < -0.4 is 4.74 Å². The minimum absolute atomic E-state index is 0.349. The van der Waals surface area contributed by atoms with Gasteiger partial charge in [-0.1, -0.05) is 12.1 Å². The van der Waals surface area contributed by atoms with E-state index in [9.17, 15) is 0 Å². The lowest BCUT2D eigenvalue weighted by molar-refractivity contribution is 0.0992. The van der Waals surface area contributed by atoms with Crippen LogP contribution in [0.15, 0.2) is 30.5 Å². The molecule has 2 aromatic rings. The van der Waals surface area contributed by atoms with Crippen molar-refractivity contribution in [2.45, 2.75) is 38.7 Å². The van der Waals surface area contributed by atoms with E-state index < -0.39 is 0 Å². The van der Waals surface area contributed by atoms with E-state index in [2.05, 4.69) is 35.0 Å². The predicted molar refractivity (Wildman–Crippen MR) is 89.3 cm³/mol. The number of para-hydroxylation sites is 1. The normalized spacial score (nSPS) is 20.4. The molecule has 1 aliphatic carbocycles. The summed E-state index contributed by atoms with van der Waals surface area (Å²) in [5.74, 6) is 1.99. The molecule has 22 heavy (non-hydrogen) atoms. The van der Waals surface area contributed by atoms with E-state index in [1.807, 2.05) is 12.3 Å². The predicted octanol–water partition coefficient (Wildman–Crippen LogP) is 3.80. The van der Waals surface area contributed by atoms with E-state index in [0.717, 1.165) is 35.4 Å². The fourth-order valence-electron chi connectivity index (χ4n) is 3.46. The van der Waals surface area contributed by atoms with Crippen LogP contribution >= 0.6 is 0 Å². The lowest BCUT2D eigenvalue weighted by Gasteiger charge is -2.32. The van der Waals surface area contributed by atoms with E-state index in [0.29, 0.717) is 6.10 Å². The number of ether oxygens (including phenoxy) is 1. The molecule has 116 valence electrons. The summed E-state index contributed by atoms with van der Waals surface area (Å²) in [7, 11) is 0. The zero-order valence-electron chi connectivity index (χ0n) is 13.3. The van der Waals surface area contributed by atoms with E-state index in [1.54, 1.807) is 0 Å². The van der Waals surface area contributed by atoms with Crippen molar-refractivity contribution in [3.8, 4) is 5.75 Å². The van der Waals surface area contributed by atoms with Crippen molar-refractivity contribution in [1.82, 2.24) is 9.88 Å². The Morgan fingerprint density at radius 2 is 1.95 bits per heavy atom. The Morgan fingerprint density at radius 3 is 2.73 bits per heavy atom. The number of hydrogen-bond donors (Lipinski definition) is 0. The van der Waals surface area contributed by atoms with Crippen molar-refractivity contribution in [1.29, 1.82) is 0 Å². The van der Waals surface area contributed by atoms with Crippen LogP contribution in [0.1, 0.15) is 31.2 Å². The summed E-state index contributed by atoms with van der Waals surface area (Å²) in [5.41, 5.74) is 2.27. The summed E-state index contributed by atoms with van der Waals surface area (Å²) in [6.07, 6.45) is 7.39. The maximum absolute atomic E-state index is 6.33. The highest BCUT2D eigenvalue weighted by atomic mass is 16.5. The molecule has 0 spiro atoms. The minimum Gasteiger partial charge on any atom is -0.490 e. The van der Waals surface area contributed by atoms with Gasteiger partial charge in [-0.3, -0.25) is 4.98 Å². The third kappa shape index (κ3) is 2.95. The summed E-state index contributed by atoms with van der Waals surface area (Å²) in [6, 6.07) is 8.32. The van der Waals surface area contributed by atoms with Gasteiger partial charge in [-0.05, 0) is 56.2 Å². The summed E-state index contributed by atoms with van der Waals surface area (Å²) in [4.78, 5) is 7.12. The average Bonchev–Trinajstić information content (AvgIpc) is 3.34. The molecular formula is C19H24N2O. The molecule has 0 N–H and O–H groups in total. The summed E-state index contributed by atoms with van der Waals surface area (Å²) in [6.45, 7) is 5.78. The van der Waals surface area contributed by atoms with Crippen LogP contribution in [0.5, 0.6) is 5.75 Å². The second-order valence-electron chi connectivity index (χ2n) is 6.84. The standard InChI is InChI=1S/C19H24N2O/c1-14-3-2-4-17-18(7-10-20-19(14)17)22-16-8-11-21(12-9-16)13-15-5-6-15/h2-4,7,10,15-16H,5-6,8-9,11-13H2,1H3. The van der Waals surface area contributed by atoms with Crippen LogP contribution in [-0.4, -0.2) is 35.6 Å². The van der Waals surface area contributed by atoms with Crippen LogP contribution in [0, 0.1) is 12.8 Å². The first kappa shape index (κ1) is 14.0. The molecule has 2 fully saturated rings. The van der Waals surface area contributed by atoms with Gasteiger partial charge >= 0.3 is 0 Å². The second kappa shape index (κ2) is 5.88. The van der Waals surface area contributed by atoms with E-state index >= 15 is 0 Å². The van der Waals surface area contributed by atoms with E-state index in [1.165, 1.54) is 38.0 Å². The molecule has 0 bridgehead atoms. The number of fused-ring (bicyclic) bond motifs is 1. The molecule has 0 radical (unpaired) electrons. The van der Waals surface area contributed by atoms with Gasteiger partial charge in [0.2, 0.25) is 0 Å². The van der Waals surface area contributed by atoms with Gasteiger partial charge < -0.3 is 9.64 Å². The number of likely N-dealkylation sites (tertiary alicyclic amines) is 1. The van der Waals surface area contributed by atoms with E-state index in [-0.39, 0.29) is 0 Å². The SMILES string of the molecule is Cc1cccc2c(OC3CCN(CC4CC4)CC3)ccnc12. The number of piperidine rings is 1. The molecule has 0 unspecified atom stereocenters. The van der Waals surface area contributed by atoms with Crippen molar-refractivity contribution in [3.05, 3.63) is 36.0 Å². The third-order valence-corrected chi connectivity index (χ3v) is 4.97. The maximum Gasteiger partial charge on any atom is 0.130 e. The summed E-state index contributed by atoms with van der Waals surface area (Å²) < 4.78 is 6.33. The van der Waals surface area contributed by atoms with E-state index in [4.69, 9.17) is 4.74 Å². The second-order valence-corrected chi connectivity index (χ2v) is 6.84. The number of hydrogen-bond acceptors (Lipinski definition) is 3. The zero-order valence-corrected chi connectivity index (χ0v) is 13.3.